The van der Waals surface area contributed by atoms with Crippen molar-refractivity contribution in [2.75, 3.05) is 19.8 Å². The van der Waals surface area contributed by atoms with Gasteiger partial charge in [-0.1, -0.05) is 62.6 Å². The first kappa shape index (κ1) is 37.5. The first-order valence-electron chi connectivity index (χ1n) is 14.9. The minimum Gasteiger partial charge on any atom is -0.463 e. The summed E-state index contributed by atoms with van der Waals surface area (Å²) < 4.78 is 25.9. The molecule has 3 N–H and O–H groups in total. The zero-order valence-electron chi connectivity index (χ0n) is 25.2. The number of hydrogen-bond donors (Lipinski definition) is 3. The largest absolute Gasteiger partial charge is 0.463 e. The highest BCUT2D eigenvalue weighted by molar-refractivity contribution is 5.69. The molecular weight excluding hydrogens is 548 g/mol. The lowest BCUT2D eigenvalue weighted by Crippen LogP contribution is -2.60. The molecule has 0 spiro atoms. The Morgan fingerprint density at radius 2 is 1.45 bits per heavy atom. The molecule has 1 aliphatic heterocycles. The van der Waals surface area contributed by atoms with Gasteiger partial charge in [-0.2, -0.15) is 0 Å². The van der Waals surface area contributed by atoms with Crippen molar-refractivity contribution in [1.82, 2.24) is 0 Å². The van der Waals surface area contributed by atoms with Crippen LogP contribution >= 0.6 is 0 Å². The molecular formula is C31H50O11. The van der Waals surface area contributed by atoms with Crippen LogP contribution in [0.1, 0.15) is 85.0 Å². The number of ether oxygens (including phenoxy) is 5. The Kier molecular flexibility index (Phi) is 20.5. The van der Waals surface area contributed by atoms with Gasteiger partial charge in [-0.05, 0) is 38.5 Å². The highest BCUT2D eigenvalue weighted by Gasteiger charge is 2.47. The Bertz CT molecular complexity index is 854. The molecule has 0 aromatic heterocycles. The number of carbonyl (C=O) groups excluding carboxylic acids is 3. The van der Waals surface area contributed by atoms with E-state index in [1.807, 2.05) is 0 Å². The molecule has 0 radical (unpaired) electrons. The summed E-state index contributed by atoms with van der Waals surface area (Å²) in [6, 6.07) is 0. The predicted octanol–water partition coefficient (Wildman–Crippen LogP) is 3.44. The molecule has 0 aromatic rings. The zero-order valence-corrected chi connectivity index (χ0v) is 25.2. The van der Waals surface area contributed by atoms with Crippen molar-refractivity contribution in [2.45, 2.75) is 122 Å². The minimum atomic E-state index is -1.62. The second-order valence-electron chi connectivity index (χ2n) is 10.2. The summed E-state index contributed by atoms with van der Waals surface area (Å²) in [6.45, 7) is 3.38. The van der Waals surface area contributed by atoms with Crippen LogP contribution in [0.3, 0.4) is 0 Å². The summed E-state index contributed by atoms with van der Waals surface area (Å²) in [7, 11) is 0. The second kappa shape index (κ2) is 23.0. The lowest BCUT2D eigenvalue weighted by atomic mass is 9.99. The van der Waals surface area contributed by atoms with Crippen LogP contribution in [0.15, 0.2) is 36.5 Å². The maximum Gasteiger partial charge on any atom is 0.305 e. The summed E-state index contributed by atoms with van der Waals surface area (Å²) >= 11 is 0. The van der Waals surface area contributed by atoms with Crippen molar-refractivity contribution in [2.24, 2.45) is 0 Å². The molecule has 11 heteroatoms. The summed E-state index contributed by atoms with van der Waals surface area (Å²) in [6.07, 6.45) is 14.0. The molecule has 0 aromatic carbocycles. The van der Waals surface area contributed by atoms with E-state index in [0.29, 0.717) is 6.42 Å². The molecule has 6 unspecified atom stereocenters. The van der Waals surface area contributed by atoms with Crippen LogP contribution in [0, 0.1) is 0 Å². The van der Waals surface area contributed by atoms with Gasteiger partial charge in [-0.3, -0.25) is 14.4 Å². The van der Waals surface area contributed by atoms with Crippen molar-refractivity contribution >= 4 is 17.9 Å². The molecule has 0 aliphatic carbocycles. The topological polar surface area (TPSA) is 158 Å². The maximum atomic E-state index is 12.0. The first-order valence-corrected chi connectivity index (χ1v) is 14.9. The fraction of sp³-hybridized carbons (Fsp3) is 0.710. The lowest BCUT2D eigenvalue weighted by molar-refractivity contribution is -0.307. The van der Waals surface area contributed by atoms with E-state index in [-0.39, 0.29) is 26.2 Å². The highest BCUT2D eigenvalue weighted by atomic mass is 16.7. The van der Waals surface area contributed by atoms with E-state index >= 15 is 0 Å². The average molecular weight is 599 g/mol. The van der Waals surface area contributed by atoms with Crippen molar-refractivity contribution in [3.63, 3.8) is 0 Å². The van der Waals surface area contributed by atoms with E-state index in [9.17, 15) is 29.7 Å². The van der Waals surface area contributed by atoms with Gasteiger partial charge in [0, 0.05) is 20.3 Å². The van der Waals surface area contributed by atoms with Crippen molar-refractivity contribution in [1.29, 1.82) is 0 Å². The Morgan fingerprint density at radius 3 is 2.12 bits per heavy atom. The summed E-state index contributed by atoms with van der Waals surface area (Å²) in [5, 5.41) is 30.9. The lowest BCUT2D eigenvalue weighted by Gasteiger charge is -2.41. The van der Waals surface area contributed by atoms with Crippen molar-refractivity contribution in [3.8, 4) is 0 Å². The quantitative estimate of drug-likeness (QED) is 0.0769. The Balaban J connectivity index is 2.20. The Labute approximate surface area is 249 Å². The molecule has 0 saturated carbocycles. The van der Waals surface area contributed by atoms with Gasteiger partial charge >= 0.3 is 17.9 Å². The zero-order chi connectivity index (χ0) is 31.2. The molecule has 1 rings (SSSR count). The summed E-state index contributed by atoms with van der Waals surface area (Å²) in [4.78, 5) is 34.6. The smallest absolute Gasteiger partial charge is 0.305 e. The molecule has 6 atom stereocenters. The van der Waals surface area contributed by atoms with Crippen LogP contribution < -0.4 is 0 Å². The molecule has 11 nitrogen and oxygen atoms in total. The van der Waals surface area contributed by atoms with Crippen LogP contribution in [0.2, 0.25) is 0 Å². The molecule has 0 bridgehead atoms. The number of unbranched alkanes of at least 4 members (excludes halogenated alkanes) is 5. The third-order valence-electron chi connectivity index (χ3n) is 6.31. The van der Waals surface area contributed by atoms with Crippen LogP contribution in [-0.4, -0.2) is 89.9 Å². The van der Waals surface area contributed by atoms with Crippen LogP contribution in [-0.2, 0) is 38.1 Å². The molecule has 1 aliphatic rings. The summed E-state index contributed by atoms with van der Waals surface area (Å²) in [5.41, 5.74) is 0. The number of esters is 3. The number of aliphatic hydroxyl groups is 3. The van der Waals surface area contributed by atoms with Crippen molar-refractivity contribution in [3.05, 3.63) is 36.5 Å². The van der Waals surface area contributed by atoms with Gasteiger partial charge in [0.15, 0.2) is 12.4 Å². The third kappa shape index (κ3) is 17.4. The van der Waals surface area contributed by atoms with Crippen molar-refractivity contribution < 1.29 is 53.4 Å². The van der Waals surface area contributed by atoms with E-state index in [2.05, 4.69) is 43.4 Å². The van der Waals surface area contributed by atoms with Crippen LogP contribution in [0.5, 0.6) is 0 Å². The van der Waals surface area contributed by atoms with Gasteiger partial charge in [0.05, 0.1) is 6.61 Å². The molecule has 0 amide bonds. The fourth-order valence-electron chi connectivity index (χ4n) is 4.12. The van der Waals surface area contributed by atoms with Crippen LogP contribution in [0.25, 0.3) is 0 Å². The van der Waals surface area contributed by atoms with E-state index in [0.717, 1.165) is 58.3 Å². The number of aliphatic hydroxyl groups excluding tert-OH is 3. The minimum absolute atomic E-state index is 0.249. The third-order valence-corrected chi connectivity index (χ3v) is 6.31. The molecule has 1 heterocycles. The average Bonchev–Trinajstić information content (AvgIpc) is 2.95. The number of carbonyl (C=O) groups is 3. The molecule has 240 valence electrons. The van der Waals surface area contributed by atoms with E-state index in [1.54, 1.807) is 0 Å². The first-order chi connectivity index (χ1) is 20.1. The summed E-state index contributed by atoms with van der Waals surface area (Å²) in [5.74, 6) is -1.77. The molecule has 1 saturated heterocycles. The maximum absolute atomic E-state index is 12.0. The van der Waals surface area contributed by atoms with E-state index in [4.69, 9.17) is 23.7 Å². The number of hydrogen-bond acceptors (Lipinski definition) is 11. The second-order valence-corrected chi connectivity index (χ2v) is 10.2. The Hall–Kier alpha value is -2.57. The van der Waals surface area contributed by atoms with Gasteiger partial charge in [-0.25, -0.2) is 0 Å². The van der Waals surface area contributed by atoms with Gasteiger partial charge in [0.2, 0.25) is 0 Å². The molecule has 42 heavy (non-hydrogen) atoms. The monoisotopic (exact) mass is 598 g/mol. The van der Waals surface area contributed by atoms with Gasteiger partial charge in [0.25, 0.3) is 0 Å². The van der Waals surface area contributed by atoms with Crippen LogP contribution in [0.4, 0.5) is 0 Å². The highest BCUT2D eigenvalue weighted by Crippen LogP contribution is 2.25. The molecule has 1 fully saturated rings. The number of rotatable bonds is 21. The van der Waals surface area contributed by atoms with Gasteiger partial charge in [0.1, 0.15) is 37.6 Å². The fourth-order valence-corrected chi connectivity index (χ4v) is 4.12. The van der Waals surface area contributed by atoms with E-state index in [1.165, 1.54) is 6.92 Å². The van der Waals surface area contributed by atoms with Gasteiger partial charge < -0.3 is 39.0 Å². The standard InChI is InChI=1S/C31H50O11/c1-4-5-6-7-8-9-10-11-12-13-14-15-16-17-18-19-27(35)39-20-25(34)21-40-31-29(37)28(36)30(41-24(3)33)26(42-31)22-38-23(2)32/h5-6,8-9,11-12,25-26,28-31,34,36-37H,4,7,10,13-22H2,1-3H3/b6-5-,9-8-,12-11-. The van der Waals surface area contributed by atoms with E-state index < -0.39 is 54.7 Å². The van der Waals surface area contributed by atoms with Gasteiger partial charge in [-0.15, -0.1) is 0 Å². The Morgan fingerprint density at radius 1 is 0.810 bits per heavy atom. The normalized spacial score (nSPS) is 23.4. The predicted molar refractivity (Wildman–Crippen MR) is 155 cm³/mol. The number of allylic oxidation sites excluding steroid dienone is 6. The SMILES string of the molecule is CC/C=C\C/C=C\C/C=C\CCCCCCCC(=O)OCC(O)COC1OC(COC(C)=O)C(OC(C)=O)C(O)C1O.